The summed E-state index contributed by atoms with van der Waals surface area (Å²) in [6, 6.07) is 15.3. The van der Waals surface area contributed by atoms with E-state index in [0.717, 1.165) is 43.1 Å². The van der Waals surface area contributed by atoms with Gasteiger partial charge in [-0.2, -0.15) is 0 Å². The summed E-state index contributed by atoms with van der Waals surface area (Å²) in [4.78, 5) is 86.7. The largest absolute Gasteiger partial charge is 0.445 e. The van der Waals surface area contributed by atoms with Gasteiger partial charge in [0.1, 0.15) is 18.2 Å². The van der Waals surface area contributed by atoms with Crippen molar-refractivity contribution in [2.75, 3.05) is 13.1 Å². The van der Waals surface area contributed by atoms with Gasteiger partial charge in [0, 0.05) is 49.0 Å². The van der Waals surface area contributed by atoms with Crippen LogP contribution in [0.3, 0.4) is 0 Å². The fourth-order valence-corrected chi connectivity index (χ4v) is 8.77. The number of nitrogens with one attached hydrogen (secondary N) is 2. The molecule has 2 aromatic heterocycles. The highest BCUT2D eigenvalue weighted by Gasteiger charge is 2.45. The summed E-state index contributed by atoms with van der Waals surface area (Å²) in [7, 11) is 0. The Morgan fingerprint density at radius 3 is 2.47 bits per heavy atom. The molecule has 3 heterocycles. The molecule has 2 aromatic carbocycles. The summed E-state index contributed by atoms with van der Waals surface area (Å²) in [5.74, 6) is -3.57. The first kappa shape index (κ1) is 45.5. The lowest BCUT2D eigenvalue weighted by molar-refractivity contribution is -0.143. The van der Waals surface area contributed by atoms with Gasteiger partial charge in [-0.3, -0.25) is 29.0 Å². The lowest BCUT2D eigenvalue weighted by Gasteiger charge is -2.32. The third kappa shape index (κ3) is 11.9. The van der Waals surface area contributed by atoms with E-state index in [1.54, 1.807) is 38.2 Å². The fourth-order valence-electron chi connectivity index (χ4n) is 8.77. The van der Waals surface area contributed by atoms with Crippen molar-refractivity contribution >= 4 is 46.3 Å². The number of aromatic nitrogens is 4. The van der Waals surface area contributed by atoms with E-state index >= 15 is 0 Å². The Labute approximate surface area is 361 Å². The summed E-state index contributed by atoms with van der Waals surface area (Å²) in [6.07, 6.45) is 9.45. The van der Waals surface area contributed by atoms with Crippen molar-refractivity contribution in [3.05, 3.63) is 89.9 Å². The number of carbonyl (C=O) groups is 6. The summed E-state index contributed by atoms with van der Waals surface area (Å²) in [6.45, 7) is 3.56. The first-order valence-corrected chi connectivity index (χ1v) is 21.7. The van der Waals surface area contributed by atoms with E-state index in [4.69, 9.17) is 10.5 Å². The van der Waals surface area contributed by atoms with Crippen LogP contribution in [0.25, 0.3) is 10.9 Å². The minimum atomic E-state index is -1.34. The lowest BCUT2D eigenvalue weighted by Crippen LogP contribution is -2.53. The molecule has 6 rings (SSSR count). The van der Waals surface area contributed by atoms with Crippen molar-refractivity contribution in [3.8, 4) is 0 Å². The molecule has 16 nitrogen and oxygen atoms in total. The predicted octanol–water partition coefficient (Wildman–Crippen LogP) is 5.08. The van der Waals surface area contributed by atoms with E-state index in [-0.39, 0.29) is 63.0 Å². The normalized spacial score (nSPS) is 17.9. The Bertz CT molecular complexity index is 2190. The number of hydrogen-bond acceptors (Lipinski definition) is 11. The number of aliphatic hydroxyl groups is 1. The van der Waals surface area contributed by atoms with Gasteiger partial charge in [0.2, 0.25) is 17.6 Å². The zero-order valence-electron chi connectivity index (χ0n) is 35.5. The Hall–Kier alpha value is -6.03. The number of Topliss-reactive ketones (excluding diaryl/α,β-unsaturated/α-hetero) is 2. The molecule has 1 unspecified atom stereocenters. The number of unbranched alkanes of at least 4 members (excludes halogenated alkanes) is 1. The number of nitrogens with zero attached hydrogens (tertiary/aromatic N) is 5. The van der Waals surface area contributed by atoms with Crippen molar-refractivity contribution in [3.63, 3.8) is 0 Å². The topological polar surface area (TPSA) is 229 Å². The van der Waals surface area contributed by atoms with Crippen LogP contribution in [0.2, 0.25) is 0 Å². The first-order chi connectivity index (χ1) is 29.8. The van der Waals surface area contributed by atoms with Crippen molar-refractivity contribution < 1.29 is 38.6 Å². The number of likely N-dealkylation sites (tertiary alicyclic amines) is 1. The monoisotopic (exact) mass is 850 g/mol. The minimum absolute atomic E-state index is 0.0420. The molecule has 2 fully saturated rings. The molecule has 0 radical (unpaired) electrons. The number of amides is 4. The Balaban J connectivity index is 1.18. The van der Waals surface area contributed by atoms with Gasteiger partial charge in [-0.05, 0) is 69.6 Å². The van der Waals surface area contributed by atoms with Gasteiger partial charge in [-0.25, -0.2) is 9.48 Å². The molecular formula is C46H58N8O8. The third-order valence-corrected chi connectivity index (χ3v) is 12.0. The molecule has 4 atom stereocenters. The van der Waals surface area contributed by atoms with E-state index in [1.165, 1.54) is 15.8 Å². The maximum Gasteiger partial charge on any atom is 0.407 e. The number of fused-ring (bicyclic) bond motifs is 1. The van der Waals surface area contributed by atoms with Gasteiger partial charge in [-0.1, -0.05) is 85.8 Å². The predicted molar refractivity (Wildman–Crippen MR) is 229 cm³/mol. The van der Waals surface area contributed by atoms with Crippen LogP contribution in [0.1, 0.15) is 119 Å². The van der Waals surface area contributed by atoms with Crippen LogP contribution in [0.5, 0.6) is 0 Å². The summed E-state index contributed by atoms with van der Waals surface area (Å²) < 4.78 is 6.78. The quantitative estimate of drug-likeness (QED) is 0.0521. The van der Waals surface area contributed by atoms with Gasteiger partial charge in [-0.15, -0.1) is 5.10 Å². The molecule has 0 spiro atoms. The van der Waals surface area contributed by atoms with Crippen molar-refractivity contribution in [1.82, 2.24) is 35.5 Å². The van der Waals surface area contributed by atoms with Gasteiger partial charge in [0.15, 0.2) is 5.78 Å². The van der Waals surface area contributed by atoms with Crippen LogP contribution in [-0.2, 0) is 36.1 Å². The minimum Gasteiger partial charge on any atom is -0.445 e. The summed E-state index contributed by atoms with van der Waals surface area (Å²) in [5.41, 5.74) is 6.57. The van der Waals surface area contributed by atoms with Gasteiger partial charge in [0.25, 0.3) is 5.91 Å². The van der Waals surface area contributed by atoms with Crippen LogP contribution in [0.4, 0.5) is 4.79 Å². The van der Waals surface area contributed by atoms with Crippen LogP contribution in [0.15, 0.2) is 73.1 Å². The van der Waals surface area contributed by atoms with Gasteiger partial charge in [0.05, 0.1) is 29.5 Å². The molecule has 330 valence electrons. The average Bonchev–Trinajstić information content (AvgIpc) is 3.96. The Kier molecular flexibility index (Phi) is 15.5. The fraction of sp³-hybridized carbons (Fsp3) is 0.500. The number of carbonyl (C=O) groups excluding carboxylic acids is 6. The maximum atomic E-state index is 15.0. The number of ether oxygens (including phenoxy) is 1. The molecule has 4 amide bonds. The number of hydrogen-bond donors (Lipinski definition) is 4. The molecule has 0 bridgehead atoms. The van der Waals surface area contributed by atoms with E-state index in [9.17, 15) is 33.9 Å². The van der Waals surface area contributed by atoms with Crippen LogP contribution in [0, 0.1) is 11.8 Å². The van der Waals surface area contributed by atoms with E-state index in [1.807, 2.05) is 42.5 Å². The Morgan fingerprint density at radius 2 is 1.73 bits per heavy atom. The average molecular weight is 851 g/mol. The number of alkyl carbamates (subject to hydrolysis) is 1. The molecule has 4 aromatic rings. The SMILES string of the molecule is CC(C)(O)c1cnnn1[C@H]1C[C@@H](C(=O)NC(CCCCNC(=O)OCc2ccccc2)C(=O)C(N)=O)N(C(=O)[C@H](CCC(=O)c2cccc3ncccc23)CC2CCCCC2)C1. The van der Waals surface area contributed by atoms with E-state index in [0.29, 0.717) is 36.0 Å². The molecule has 1 saturated heterocycles. The number of pyridine rings is 1. The van der Waals surface area contributed by atoms with Crippen LogP contribution < -0.4 is 16.4 Å². The van der Waals surface area contributed by atoms with Gasteiger partial charge < -0.3 is 31.1 Å². The zero-order valence-corrected chi connectivity index (χ0v) is 35.5. The number of nitrogens with two attached hydrogens (primary N) is 1. The van der Waals surface area contributed by atoms with Crippen molar-refractivity contribution in [1.29, 1.82) is 0 Å². The Morgan fingerprint density at radius 1 is 0.952 bits per heavy atom. The van der Waals surface area contributed by atoms with Gasteiger partial charge >= 0.3 is 6.09 Å². The number of rotatable bonds is 20. The molecule has 62 heavy (non-hydrogen) atoms. The highest BCUT2D eigenvalue weighted by Crippen LogP contribution is 2.36. The molecule has 2 aliphatic rings. The van der Waals surface area contributed by atoms with E-state index < -0.39 is 53.3 Å². The van der Waals surface area contributed by atoms with E-state index in [2.05, 4.69) is 25.9 Å². The smallest absolute Gasteiger partial charge is 0.407 e. The summed E-state index contributed by atoms with van der Waals surface area (Å²) >= 11 is 0. The molecule has 1 saturated carbocycles. The second-order valence-electron chi connectivity index (χ2n) is 17.1. The lowest BCUT2D eigenvalue weighted by atomic mass is 9.80. The number of primary amides is 1. The number of benzene rings is 2. The highest BCUT2D eigenvalue weighted by molar-refractivity contribution is 6.37. The van der Waals surface area contributed by atoms with Crippen LogP contribution in [-0.4, -0.2) is 90.5 Å². The number of ketones is 2. The highest BCUT2D eigenvalue weighted by atomic mass is 16.5. The molecule has 5 N–H and O–H groups in total. The van der Waals surface area contributed by atoms with Crippen LogP contribution >= 0.6 is 0 Å². The molecule has 16 heteroatoms. The second-order valence-corrected chi connectivity index (χ2v) is 17.1. The van der Waals surface area contributed by atoms with Crippen molar-refractivity contribution in [2.24, 2.45) is 17.6 Å². The molecule has 1 aliphatic heterocycles. The third-order valence-electron chi connectivity index (χ3n) is 12.0. The molecular weight excluding hydrogens is 793 g/mol. The second kappa shape index (κ2) is 21.2. The zero-order chi connectivity index (χ0) is 44.2. The van der Waals surface area contributed by atoms with Crippen molar-refractivity contribution in [2.45, 2.75) is 121 Å². The maximum absolute atomic E-state index is 15.0. The molecule has 1 aliphatic carbocycles. The first-order valence-electron chi connectivity index (χ1n) is 21.7. The standard InChI is InChI=1S/C46H58N8O8/c1-46(2,61)40-27-50-52-54(40)33-26-38(43(58)51-37(41(56)42(47)57)19-9-10-23-49-45(60)62-29-31-15-7-4-8-16-31)53(28-33)44(59)32(25-30-13-5-3-6-14-30)21-22-39(55)35-17-11-20-36-34(35)18-12-24-48-36/h4,7-8,11-12,15-18,20,24,27,30,32-33,37-38,61H,3,5-6,9-10,13-14,19,21-23,25-26,28-29H2,1-2H3,(H2,47,57)(H,49,60)(H,51,58)/t32-,33+,37?,38+/m1/s1. The summed E-state index contributed by atoms with van der Waals surface area (Å²) in [5, 5.41) is 25.4.